The normalized spacial score (nSPS) is 24.3. The third-order valence-corrected chi connectivity index (χ3v) is 3.80. The molecule has 1 aliphatic carbocycles. The van der Waals surface area contributed by atoms with Crippen molar-refractivity contribution in [2.24, 2.45) is 11.7 Å². The number of hydrogen-bond acceptors (Lipinski definition) is 2. The molecule has 1 aliphatic rings. The highest BCUT2D eigenvalue weighted by Gasteiger charge is 2.15. The molecule has 18 heavy (non-hydrogen) atoms. The summed E-state index contributed by atoms with van der Waals surface area (Å²) >= 11 is 0. The summed E-state index contributed by atoms with van der Waals surface area (Å²) in [5, 5.41) is 3.56. The quantitative estimate of drug-likeness (QED) is 0.805. The molecule has 3 nitrogen and oxygen atoms in total. The Morgan fingerprint density at radius 2 is 1.89 bits per heavy atom. The molecular weight excluding hydrogens is 224 g/mol. The minimum atomic E-state index is -0.371. The van der Waals surface area contributed by atoms with Crippen molar-refractivity contribution in [3.63, 3.8) is 0 Å². The first-order chi connectivity index (χ1) is 8.65. The molecule has 3 N–H and O–H groups in total. The summed E-state index contributed by atoms with van der Waals surface area (Å²) in [5.41, 5.74) is 6.87. The van der Waals surface area contributed by atoms with E-state index in [1.165, 1.54) is 32.1 Å². The zero-order valence-electron chi connectivity index (χ0n) is 11.0. The second-order valence-electron chi connectivity index (χ2n) is 5.40. The standard InChI is InChI=1S/C15H22N2O/c1-11-3-2-4-13(8-5-11)17-14-9-6-12(7-10-14)15(16)18/h6-7,9-11,13,17H,2-5,8H2,1H3,(H2,16,18). The predicted octanol–water partition coefficient (Wildman–Crippen LogP) is 3.17. The smallest absolute Gasteiger partial charge is 0.248 e. The first kappa shape index (κ1) is 12.9. The Balaban J connectivity index is 1.94. The Hall–Kier alpha value is -1.51. The number of primary amides is 1. The van der Waals surface area contributed by atoms with Crippen molar-refractivity contribution in [3.8, 4) is 0 Å². The summed E-state index contributed by atoms with van der Waals surface area (Å²) in [6.45, 7) is 2.34. The van der Waals surface area contributed by atoms with E-state index in [1.54, 1.807) is 12.1 Å². The maximum absolute atomic E-state index is 11.0. The fourth-order valence-electron chi connectivity index (χ4n) is 2.60. The second-order valence-corrected chi connectivity index (χ2v) is 5.40. The molecule has 1 fully saturated rings. The van der Waals surface area contributed by atoms with Crippen molar-refractivity contribution in [1.29, 1.82) is 0 Å². The topological polar surface area (TPSA) is 55.1 Å². The fourth-order valence-corrected chi connectivity index (χ4v) is 2.60. The molecular formula is C15H22N2O. The van der Waals surface area contributed by atoms with Crippen molar-refractivity contribution in [2.75, 3.05) is 5.32 Å². The number of amides is 1. The average Bonchev–Trinajstić information content (AvgIpc) is 2.55. The molecule has 0 heterocycles. The van der Waals surface area contributed by atoms with E-state index in [4.69, 9.17) is 5.73 Å². The molecule has 0 radical (unpaired) electrons. The Morgan fingerprint density at radius 1 is 1.17 bits per heavy atom. The number of nitrogens with one attached hydrogen (secondary N) is 1. The van der Waals surface area contributed by atoms with Crippen LogP contribution in [0.1, 0.15) is 49.4 Å². The van der Waals surface area contributed by atoms with Gasteiger partial charge in [0.2, 0.25) is 5.91 Å². The third kappa shape index (κ3) is 3.49. The molecule has 3 heteroatoms. The molecule has 2 atom stereocenters. The van der Waals surface area contributed by atoms with Crippen LogP contribution in [-0.4, -0.2) is 11.9 Å². The van der Waals surface area contributed by atoms with E-state index in [9.17, 15) is 4.79 Å². The van der Waals surface area contributed by atoms with Gasteiger partial charge in [0.05, 0.1) is 0 Å². The van der Waals surface area contributed by atoms with Crippen LogP contribution in [0, 0.1) is 5.92 Å². The van der Waals surface area contributed by atoms with Crippen LogP contribution >= 0.6 is 0 Å². The molecule has 0 spiro atoms. The van der Waals surface area contributed by atoms with E-state index in [1.807, 2.05) is 12.1 Å². The molecule has 1 aromatic rings. The van der Waals surface area contributed by atoms with Gasteiger partial charge in [0.15, 0.2) is 0 Å². The van der Waals surface area contributed by atoms with E-state index in [0.29, 0.717) is 11.6 Å². The summed E-state index contributed by atoms with van der Waals surface area (Å²) in [5.74, 6) is 0.485. The molecule has 2 unspecified atom stereocenters. The molecule has 0 aliphatic heterocycles. The Kier molecular flexibility index (Phi) is 4.24. The summed E-state index contributed by atoms with van der Waals surface area (Å²) in [6.07, 6.45) is 6.43. The molecule has 1 aromatic carbocycles. The van der Waals surface area contributed by atoms with Crippen LogP contribution in [-0.2, 0) is 0 Å². The van der Waals surface area contributed by atoms with Crippen molar-refractivity contribution in [2.45, 2.75) is 45.1 Å². The van der Waals surface area contributed by atoms with E-state index in [2.05, 4.69) is 12.2 Å². The third-order valence-electron chi connectivity index (χ3n) is 3.80. The zero-order valence-corrected chi connectivity index (χ0v) is 11.0. The van der Waals surface area contributed by atoms with Gasteiger partial charge in [-0.25, -0.2) is 0 Å². The minimum absolute atomic E-state index is 0.371. The molecule has 1 amide bonds. The molecule has 2 rings (SSSR count). The van der Waals surface area contributed by atoms with Gasteiger partial charge in [0.1, 0.15) is 0 Å². The van der Waals surface area contributed by atoms with Crippen LogP contribution in [0.25, 0.3) is 0 Å². The predicted molar refractivity (Wildman–Crippen MR) is 74.6 cm³/mol. The average molecular weight is 246 g/mol. The summed E-state index contributed by atoms with van der Waals surface area (Å²) < 4.78 is 0. The van der Waals surface area contributed by atoms with Crippen molar-refractivity contribution < 1.29 is 4.79 Å². The molecule has 98 valence electrons. The number of anilines is 1. The highest BCUT2D eigenvalue weighted by atomic mass is 16.1. The van der Waals surface area contributed by atoms with Gasteiger partial charge in [-0.1, -0.05) is 19.8 Å². The van der Waals surface area contributed by atoms with Crippen LogP contribution in [0.3, 0.4) is 0 Å². The second kappa shape index (κ2) is 5.89. The van der Waals surface area contributed by atoms with Crippen LogP contribution in [0.15, 0.2) is 24.3 Å². The summed E-state index contributed by atoms with van der Waals surface area (Å²) in [7, 11) is 0. The highest BCUT2D eigenvalue weighted by Crippen LogP contribution is 2.25. The van der Waals surface area contributed by atoms with Gasteiger partial charge in [-0.05, 0) is 49.4 Å². The van der Waals surface area contributed by atoms with Crippen molar-refractivity contribution in [3.05, 3.63) is 29.8 Å². The maximum atomic E-state index is 11.0. The lowest BCUT2D eigenvalue weighted by atomic mass is 10.0. The number of rotatable bonds is 3. The van der Waals surface area contributed by atoms with Crippen molar-refractivity contribution >= 4 is 11.6 Å². The minimum Gasteiger partial charge on any atom is -0.382 e. The van der Waals surface area contributed by atoms with E-state index >= 15 is 0 Å². The fraction of sp³-hybridized carbons (Fsp3) is 0.533. The van der Waals surface area contributed by atoms with E-state index in [-0.39, 0.29) is 5.91 Å². The lowest BCUT2D eigenvalue weighted by molar-refractivity contribution is 0.100. The lowest BCUT2D eigenvalue weighted by Crippen LogP contribution is -2.18. The molecule has 0 aromatic heterocycles. The van der Waals surface area contributed by atoms with Gasteiger partial charge in [-0.3, -0.25) is 4.79 Å². The molecule has 1 saturated carbocycles. The maximum Gasteiger partial charge on any atom is 0.248 e. The first-order valence-electron chi connectivity index (χ1n) is 6.81. The van der Waals surface area contributed by atoms with Crippen LogP contribution in [0.5, 0.6) is 0 Å². The van der Waals surface area contributed by atoms with E-state index in [0.717, 1.165) is 11.6 Å². The number of carbonyl (C=O) groups is 1. The highest BCUT2D eigenvalue weighted by molar-refractivity contribution is 5.93. The first-order valence-corrected chi connectivity index (χ1v) is 6.81. The van der Waals surface area contributed by atoms with Gasteiger partial charge >= 0.3 is 0 Å². The summed E-state index contributed by atoms with van der Waals surface area (Å²) in [4.78, 5) is 11.0. The van der Waals surface area contributed by atoms with Gasteiger partial charge in [0.25, 0.3) is 0 Å². The summed E-state index contributed by atoms with van der Waals surface area (Å²) in [6, 6.07) is 8.01. The molecule has 0 bridgehead atoms. The number of nitrogens with two attached hydrogens (primary N) is 1. The Labute approximate surface area is 109 Å². The monoisotopic (exact) mass is 246 g/mol. The van der Waals surface area contributed by atoms with Crippen LogP contribution < -0.4 is 11.1 Å². The van der Waals surface area contributed by atoms with Gasteiger partial charge < -0.3 is 11.1 Å². The largest absolute Gasteiger partial charge is 0.382 e. The van der Waals surface area contributed by atoms with Gasteiger partial charge in [-0.15, -0.1) is 0 Å². The number of benzene rings is 1. The number of hydrogen-bond donors (Lipinski definition) is 2. The molecule has 0 saturated heterocycles. The lowest BCUT2D eigenvalue weighted by Gasteiger charge is -2.17. The SMILES string of the molecule is CC1CCCC(Nc2ccc(C(N)=O)cc2)CC1. The van der Waals surface area contributed by atoms with E-state index < -0.39 is 0 Å². The zero-order chi connectivity index (χ0) is 13.0. The Morgan fingerprint density at radius 3 is 2.56 bits per heavy atom. The number of carbonyl (C=O) groups excluding carboxylic acids is 1. The van der Waals surface area contributed by atoms with Crippen LogP contribution in [0.2, 0.25) is 0 Å². The van der Waals surface area contributed by atoms with Gasteiger partial charge in [0, 0.05) is 17.3 Å². The van der Waals surface area contributed by atoms with Crippen molar-refractivity contribution in [1.82, 2.24) is 0 Å². The van der Waals surface area contributed by atoms with Crippen LogP contribution in [0.4, 0.5) is 5.69 Å². The van der Waals surface area contributed by atoms with Gasteiger partial charge in [-0.2, -0.15) is 0 Å². The Bertz CT molecular complexity index is 399.